The van der Waals surface area contributed by atoms with Gasteiger partial charge in [0, 0.05) is 38.0 Å². The van der Waals surface area contributed by atoms with Crippen molar-refractivity contribution >= 4 is 0 Å². The zero-order chi connectivity index (χ0) is 15.6. The van der Waals surface area contributed by atoms with Gasteiger partial charge >= 0.3 is 0 Å². The Hall–Kier alpha value is -0.310. The summed E-state index contributed by atoms with van der Waals surface area (Å²) in [7, 11) is 0. The van der Waals surface area contributed by atoms with Crippen molar-refractivity contribution < 1.29 is 9.23 Å². The quantitative estimate of drug-likeness (QED) is 0.491. The van der Waals surface area contributed by atoms with Gasteiger partial charge in [0.2, 0.25) is 0 Å². The predicted octanol–water partition coefficient (Wildman–Crippen LogP) is 0.0359. The lowest BCUT2D eigenvalue weighted by Gasteiger charge is -2.35. The van der Waals surface area contributed by atoms with Gasteiger partial charge in [0.15, 0.2) is 0 Å². The number of hydrogen-bond donors (Lipinski definition) is 5. The lowest BCUT2D eigenvalue weighted by molar-refractivity contribution is 0.00206. The summed E-state index contributed by atoms with van der Waals surface area (Å²) in [4.78, 5) is 5.62. The molecule has 7 heteroatoms. The molecular weight excluding hydrogens is 297 g/mol. The third-order valence-corrected chi connectivity index (χ3v) is 5.80. The molecule has 132 valence electrons. The Labute approximate surface area is 137 Å². The van der Waals surface area contributed by atoms with Crippen LogP contribution in [0.4, 0.5) is 4.39 Å². The van der Waals surface area contributed by atoms with Crippen molar-refractivity contribution in [2.75, 3.05) is 26.2 Å². The molecule has 2 saturated carbocycles. The van der Waals surface area contributed by atoms with Gasteiger partial charge in [-0.1, -0.05) is 0 Å². The van der Waals surface area contributed by atoms with Gasteiger partial charge < -0.3 is 10.6 Å². The molecule has 23 heavy (non-hydrogen) atoms. The Morgan fingerprint density at radius 1 is 1.09 bits per heavy atom. The summed E-state index contributed by atoms with van der Waals surface area (Å²) in [5.41, 5.74) is 3.11. The molecule has 2 aliphatic heterocycles. The normalized spacial score (nSPS) is 45.3. The maximum absolute atomic E-state index is 14.6. The van der Waals surface area contributed by atoms with Gasteiger partial charge in [-0.25, -0.2) is 4.39 Å². The summed E-state index contributed by atoms with van der Waals surface area (Å²) in [6.07, 6.45) is 4.97. The van der Waals surface area contributed by atoms with Gasteiger partial charge in [-0.2, -0.15) is 5.48 Å². The second-order valence-electron chi connectivity index (χ2n) is 7.61. The van der Waals surface area contributed by atoms with Crippen molar-refractivity contribution in [3.63, 3.8) is 0 Å². The van der Waals surface area contributed by atoms with Crippen LogP contribution in [0.3, 0.4) is 0 Å². The number of piperazine rings is 1. The minimum Gasteiger partial charge on any atom is -0.313 e. The molecule has 0 aromatic carbocycles. The van der Waals surface area contributed by atoms with Crippen LogP contribution in [-0.2, 0) is 4.84 Å². The Bertz CT molecular complexity index is 391. The van der Waals surface area contributed by atoms with E-state index in [-0.39, 0.29) is 24.5 Å². The van der Waals surface area contributed by atoms with Crippen LogP contribution in [0, 0.1) is 17.8 Å². The summed E-state index contributed by atoms with van der Waals surface area (Å²) >= 11 is 0. The molecule has 0 aromatic heterocycles. The van der Waals surface area contributed by atoms with E-state index in [0.29, 0.717) is 18.3 Å². The fourth-order valence-corrected chi connectivity index (χ4v) is 4.09. The van der Waals surface area contributed by atoms with Crippen molar-refractivity contribution in [2.24, 2.45) is 17.8 Å². The van der Waals surface area contributed by atoms with E-state index in [2.05, 4.69) is 26.7 Å². The van der Waals surface area contributed by atoms with E-state index in [1.165, 1.54) is 12.8 Å². The Morgan fingerprint density at radius 3 is 2.70 bits per heavy atom. The minimum atomic E-state index is -0.721. The van der Waals surface area contributed by atoms with Crippen molar-refractivity contribution in [3.05, 3.63) is 0 Å². The molecular formula is C16H30FN5O. The lowest BCUT2D eigenvalue weighted by Crippen LogP contribution is -2.57. The van der Waals surface area contributed by atoms with Crippen LogP contribution in [0.25, 0.3) is 0 Å². The van der Waals surface area contributed by atoms with E-state index < -0.39 is 6.17 Å². The van der Waals surface area contributed by atoms with Gasteiger partial charge in [-0.3, -0.25) is 15.5 Å². The standard InChI is InChI=1S/C16H30FN5O/c17-13-7-11(15-21-16(23-22-15)10-1-2-10)3-4-12(13)8-20-14-9-18-5-6-19-14/h10-16,18-22H,1-9H2. The first kappa shape index (κ1) is 16.2. The smallest absolute Gasteiger partial charge is 0.133 e. The van der Waals surface area contributed by atoms with Gasteiger partial charge in [-0.15, -0.1) is 0 Å². The zero-order valence-corrected chi connectivity index (χ0v) is 13.7. The summed E-state index contributed by atoms with van der Waals surface area (Å²) in [5, 5.41) is 13.7. The third kappa shape index (κ3) is 4.03. The number of alkyl halides is 1. The topological polar surface area (TPSA) is 69.4 Å². The average Bonchev–Trinajstić information content (AvgIpc) is 3.32. The number of halogens is 1. The molecule has 6 atom stereocenters. The van der Waals surface area contributed by atoms with Crippen LogP contribution in [0.5, 0.6) is 0 Å². The first-order valence-electron chi connectivity index (χ1n) is 9.28. The third-order valence-electron chi connectivity index (χ3n) is 5.80. The number of hydroxylamine groups is 1. The molecule has 0 radical (unpaired) electrons. The van der Waals surface area contributed by atoms with E-state index in [9.17, 15) is 4.39 Å². The largest absolute Gasteiger partial charge is 0.313 e. The molecule has 2 aliphatic carbocycles. The molecule has 0 amide bonds. The second kappa shape index (κ2) is 7.29. The SMILES string of the molecule is FC1CC(C2NOC(C3CC3)N2)CCC1CNC1CNCCN1. The molecule has 0 aromatic rings. The summed E-state index contributed by atoms with van der Waals surface area (Å²) in [6, 6.07) is 0. The maximum atomic E-state index is 14.6. The van der Waals surface area contributed by atoms with Crippen LogP contribution in [0.2, 0.25) is 0 Å². The van der Waals surface area contributed by atoms with Crippen LogP contribution >= 0.6 is 0 Å². The highest BCUT2D eigenvalue weighted by Crippen LogP contribution is 2.37. The van der Waals surface area contributed by atoms with Crippen molar-refractivity contribution in [3.8, 4) is 0 Å². The Morgan fingerprint density at radius 2 is 1.96 bits per heavy atom. The van der Waals surface area contributed by atoms with E-state index in [1.54, 1.807) is 0 Å². The van der Waals surface area contributed by atoms with Gasteiger partial charge in [0.25, 0.3) is 0 Å². The molecule has 0 bridgehead atoms. The minimum absolute atomic E-state index is 0.122. The van der Waals surface area contributed by atoms with E-state index >= 15 is 0 Å². The number of hydrogen-bond acceptors (Lipinski definition) is 6. The summed E-state index contributed by atoms with van der Waals surface area (Å²) < 4.78 is 14.6. The van der Waals surface area contributed by atoms with Crippen LogP contribution in [0.15, 0.2) is 0 Å². The highest BCUT2D eigenvalue weighted by Gasteiger charge is 2.42. The number of nitrogens with one attached hydrogen (secondary N) is 5. The fourth-order valence-electron chi connectivity index (χ4n) is 4.09. The van der Waals surface area contributed by atoms with Crippen LogP contribution in [0.1, 0.15) is 32.1 Å². The van der Waals surface area contributed by atoms with Gasteiger partial charge in [0.05, 0.1) is 12.3 Å². The molecule has 6 nitrogen and oxygen atoms in total. The highest BCUT2D eigenvalue weighted by molar-refractivity contribution is 4.91. The molecule has 4 aliphatic rings. The molecule has 4 fully saturated rings. The maximum Gasteiger partial charge on any atom is 0.133 e. The van der Waals surface area contributed by atoms with Crippen molar-refractivity contribution in [1.29, 1.82) is 0 Å². The van der Waals surface area contributed by atoms with Crippen LogP contribution < -0.4 is 26.7 Å². The molecule has 5 N–H and O–H groups in total. The Kier molecular flexibility index (Phi) is 5.13. The second-order valence-corrected chi connectivity index (χ2v) is 7.61. The highest BCUT2D eigenvalue weighted by atomic mass is 19.1. The molecule has 2 heterocycles. The average molecular weight is 327 g/mol. The predicted molar refractivity (Wildman–Crippen MR) is 86.0 cm³/mol. The molecule has 6 unspecified atom stereocenters. The Balaban J connectivity index is 1.20. The first-order valence-corrected chi connectivity index (χ1v) is 9.28. The van der Waals surface area contributed by atoms with Gasteiger partial charge in [-0.05, 0) is 38.0 Å². The summed E-state index contributed by atoms with van der Waals surface area (Å²) in [5.74, 6) is 1.13. The lowest BCUT2D eigenvalue weighted by atomic mass is 9.79. The van der Waals surface area contributed by atoms with E-state index in [4.69, 9.17) is 4.84 Å². The van der Waals surface area contributed by atoms with Crippen molar-refractivity contribution in [1.82, 2.24) is 26.7 Å². The van der Waals surface area contributed by atoms with Crippen LogP contribution in [-0.4, -0.2) is 50.9 Å². The first-order chi connectivity index (χ1) is 11.3. The number of rotatable bonds is 5. The fraction of sp³-hybridized carbons (Fsp3) is 1.00. The zero-order valence-electron chi connectivity index (χ0n) is 13.7. The molecule has 0 spiro atoms. The molecule has 4 rings (SSSR count). The van der Waals surface area contributed by atoms with Crippen molar-refractivity contribution in [2.45, 2.75) is 56.8 Å². The molecule has 2 saturated heterocycles. The monoisotopic (exact) mass is 327 g/mol. The van der Waals surface area contributed by atoms with E-state index in [0.717, 1.165) is 39.0 Å². The van der Waals surface area contributed by atoms with E-state index in [1.807, 2.05) is 0 Å². The summed E-state index contributed by atoms with van der Waals surface area (Å²) in [6.45, 7) is 3.67. The van der Waals surface area contributed by atoms with Gasteiger partial charge in [0.1, 0.15) is 12.4 Å².